The van der Waals surface area contributed by atoms with Crippen LogP contribution in [-0.2, 0) is 10.0 Å². The SMILES string of the molecule is CCC(CC)(CNS(=O)(=O)c1cc(N)c(C)cc1F)SC. The van der Waals surface area contributed by atoms with Crippen molar-refractivity contribution in [1.29, 1.82) is 0 Å². The molecule has 7 heteroatoms. The molecule has 0 aliphatic rings. The van der Waals surface area contributed by atoms with E-state index >= 15 is 0 Å². The maximum absolute atomic E-state index is 13.9. The van der Waals surface area contributed by atoms with E-state index in [1.54, 1.807) is 18.7 Å². The first-order chi connectivity index (χ1) is 9.71. The second kappa shape index (κ2) is 6.98. The molecule has 1 aromatic carbocycles. The molecule has 1 aromatic rings. The molecule has 0 unspecified atom stereocenters. The highest BCUT2D eigenvalue weighted by Gasteiger charge is 2.28. The molecule has 0 amide bonds. The molecule has 0 spiro atoms. The van der Waals surface area contributed by atoms with Gasteiger partial charge in [-0.25, -0.2) is 17.5 Å². The Morgan fingerprint density at radius 1 is 1.33 bits per heavy atom. The van der Waals surface area contributed by atoms with Crippen LogP contribution >= 0.6 is 11.8 Å². The van der Waals surface area contributed by atoms with Gasteiger partial charge in [-0.05, 0) is 43.7 Å². The number of nitrogens with one attached hydrogen (secondary N) is 1. The van der Waals surface area contributed by atoms with E-state index in [0.717, 1.165) is 18.9 Å². The van der Waals surface area contributed by atoms with Gasteiger partial charge in [-0.15, -0.1) is 0 Å². The number of benzene rings is 1. The van der Waals surface area contributed by atoms with Gasteiger partial charge < -0.3 is 5.73 Å². The quantitative estimate of drug-likeness (QED) is 0.752. The zero-order valence-corrected chi connectivity index (χ0v) is 14.5. The van der Waals surface area contributed by atoms with E-state index in [1.165, 1.54) is 6.07 Å². The zero-order valence-electron chi connectivity index (χ0n) is 12.9. The maximum Gasteiger partial charge on any atom is 0.243 e. The lowest BCUT2D eigenvalue weighted by molar-refractivity contribution is 0.516. The number of aryl methyl sites for hydroxylation is 1. The molecule has 0 saturated heterocycles. The van der Waals surface area contributed by atoms with Gasteiger partial charge in [0.25, 0.3) is 0 Å². The van der Waals surface area contributed by atoms with Crippen molar-refractivity contribution in [3.63, 3.8) is 0 Å². The number of hydrogen-bond donors (Lipinski definition) is 2. The summed E-state index contributed by atoms with van der Waals surface area (Å²) in [6.07, 6.45) is 3.60. The molecule has 3 N–H and O–H groups in total. The molecule has 1 rings (SSSR count). The summed E-state index contributed by atoms with van der Waals surface area (Å²) < 4.78 is 40.8. The van der Waals surface area contributed by atoms with E-state index in [-0.39, 0.29) is 17.0 Å². The Labute approximate surface area is 130 Å². The zero-order chi connectivity index (χ0) is 16.3. The molecule has 0 heterocycles. The van der Waals surface area contributed by atoms with Crippen molar-refractivity contribution in [2.24, 2.45) is 0 Å². The van der Waals surface area contributed by atoms with E-state index in [0.29, 0.717) is 5.56 Å². The number of hydrogen-bond acceptors (Lipinski definition) is 4. The summed E-state index contributed by atoms with van der Waals surface area (Å²) >= 11 is 1.62. The van der Waals surface area contributed by atoms with Crippen molar-refractivity contribution in [3.05, 3.63) is 23.5 Å². The first-order valence-electron chi connectivity index (χ1n) is 6.81. The summed E-state index contributed by atoms with van der Waals surface area (Å²) in [6, 6.07) is 2.32. The van der Waals surface area contributed by atoms with Gasteiger partial charge in [0.15, 0.2) is 0 Å². The van der Waals surface area contributed by atoms with Crippen molar-refractivity contribution in [2.45, 2.75) is 43.3 Å². The van der Waals surface area contributed by atoms with Gasteiger partial charge in [-0.2, -0.15) is 11.8 Å². The van der Waals surface area contributed by atoms with Crippen LogP contribution in [0.25, 0.3) is 0 Å². The topological polar surface area (TPSA) is 72.2 Å². The van der Waals surface area contributed by atoms with Crippen LogP contribution in [0.15, 0.2) is 17.0 Å². The molecule has 0 radical (unpaired) electrons. The van der Waals surface area contributed by atoms with E-state index < -0.39 is 20.7 Å². The minimum Gasteiger partial charge on any atom is -0.398 e. The lowest BCUT2D eigenvalue weighted by Gasteiger charge is -2.29. The smallest absolute Gasteiger partial charge is 0.243 e. The minimum atomic E-state index is -3.91. The highest BCUT2D eigenvalue weighted by molar-refractivity contribution is 8.00. The van der Waals surface area contributed by atoms with Crippen molar-refractivity contribution in [1.82, 2.24) is 4.72 Å². The van der Waals surface area contributed by atoms with E-state index in [1.807, 2.05) is 20.1 Å². The summed E-state index contributed by atoms with van der Waals surface area (Å²) in [5, 5.41) is 0. The first-order valence-corrected chi connectivity index (χ1v) is 9.52. The van der Waals surface area contributed by atoms with Crippen LogP contribution in [0.4, 0.5) is 10.1 Å². The van der Waals surface area contributed by atoms with Crippen LogP contribution in [0.5, 0.6) is 0 Å². The average molecular weight is 334 g/mol. The van der Waals surface area contributed by atoms with Crippen molar-refractivity contribution in [2.75, 3.05) is 18.5 Å². The van der Waals surface area contributed by atoms with Crippen LogP contribution in [0.2, 0.25) is 0 Å². The maximum atomic E-state index is 13.9. The fourth-order valence-electron chi connectivity index (χ4n) is 2.04. The molecule has 4 nitrogen and oxygen atoms in total. The minimum absolute atomic E-state index is 0.181. The molecule has 0 aromatic heterocycles. The summed E-state index contributed by atoms with van der Waals surface area (Å²) in [7, 11) is -3.91. The van der Waals surface area contributed by atoms with Gasteiger partial charge in [-0.3, -0.25) is 0 Å². The average Bonchev–Trinajstić information content (AvgIpc) is 2.45. The Morgan fingerprint density at radius 2 is 1.90 bits per heavy atom. The predicted octanol–water partition coefficient (Wildman–Crippen LogP) is 2.92. The van der Waals surface area contributed by atoms with Crippen molar-refractivity contribution in [3.8, 4) is 0 Å². The molecule has 0 atom stereocenters. The second-order valence-electron chi connectivity index (χ2n) is 5.06. The van der Waals surface area contributed by atoms with Crippen LogP contribution in [-0.4, -0.2) is 26.0 Å². The molecule has 0 aliphatic carbocycles. The largest absolute Gasteiger partial charge is 0.398 e. The van der Waals surface area contributed by atoms with Gasteiger partial charge in [0.1, 0.15) is 10.7 Å². The highest BCUT2D eigenvalue weighted by Crippen LogP contribution is 2.30. The predicted molar refractivity (Wildman–Crippen MR) is 87.6 cm³/mol. The molecule has 0 aliphatic heterocycles. The van der Waals surface area contributed by atoms with Crippen LogP contribution in [0.1, 0.15) is 32.3 Å². The molecular weight excluding hydrogens is 311 g/mol. The third-order valence-electron chi connectivity index (χ3n) is 3.92. The van der Waals surface area contributed by atoms with Crippen LogP contribution < -0.4 is 10.5 Å². The van der Waals surface area contributed by atoms with Gasteiger partial charge >= 0.3 is 0 Å². The van der Waals surface area contributed by atoms with E-state index in [2.05, 4.69) is 4.72 Å². The van der Waals surface area contributed by atoms with Gasteiger partial charge in [0.2, 0.25) is 10.0 Å². The number of nitrogens with two attached hydrogens (primary N) is 1. The Kier molecular flexibility index (Phi) is 6.07. The third kappa shape index (κ3) is 4.11. The number of thioether (sulfide) groups is 1. The Balaban J connectivity index is 3.05. The second-order valence-corrected chi connectivity index (χ2v) is 8.07. The molecule has 0 saturated carbocycles. The lowest BCUT2D eigenvalue weighted by atomic mass is 10.0. The number of halogens is 1. The third-order valence-corrected chi connectivity index (χ3v) is 6.92. The normalized spacial score (nSPS) is 12.6. The summed E-state index contributed by atoms with van der Waals surface area (Å²) in [4.78, 5) is -0.396. The number of rotatable bonds is 7. The Bertz CT molecular complexity index is 591. The van der Waals surface area contributed by atoms with Gasteiger partial charge in [0.05, 0.1) is 0 Å². The Hall–Kier alpha value is -0.790. The monoisotopic (exact) mass is 334 g/mol. The van der Waals surface area contributed by atoms with E-state index in [4.69, 9.17) is 5.73 Å². The molecule has 120 valence electrons. The Morgan fingerprint density at radius 3 is 2.38 bits per heavy atom. The molecular formula is C14H23FN2O2S2. The number of nitrogen functional groups attached to an aromatic ring is 1. The van der Waals surface area contributed by atoms with Crippen LogP contribution in [0, 0.1) is 12.7 Å². The first kappa shape index (κ1) is 18.3. The lowest BCUT2D eigenvalue weighted by Crippen LogP contribution is -2.39. The summed E-state index contributed by atoms with van der Waals surface area (Å²) in [6.45, 7) is 5.92. The standard InChI is InChI=1S/C14H23FN2O2S2/c1-5-14(6-2,20-4)9-17-21(18,19)13-8-12(16)10(3)7-11(13)15/h7-8,17H,5-6,9,16H2,1-4H3. The van der Waals surface area contributed by atoms with Gasteiger partial charge in [0, 0.05) is 17.0 Å². The summed E-state index contributed by atoms with van der Waals surface area (Å²) in [5.41, 5.74) is 6.47. The molecule has 0 fully saturated rings. The highest BCUT2D eigenvalue weighted by atomic mass is 32.2. The van der Waals surface area contributed by atoms with Crippen LogP contribution in [0.3, 0.4) is 0 Å². The summed E-state index contributed by atoms with van der Waals surface area (Å²) in [5.74, 6) is -0.781. The fourth-order valence-corrected chi connectivity index (χ4v) is 4.14. The molecule has 0 bridgehead atoms. The molecule has 21 heavy (non-hydrogen) atoms. The number of sulfonamides is 1. The fraction of sp³-hybridized carbons (Fsp3) is 0.571. The van der Waals surface area contributed by atoms with Crippen molar-refractivity contribution >= 4 is 27.5 Å². The van der Waals surface area contributed by atoms with Gasteiger partial charge in [-0.1, -0.05) is 13.8 Å². The van der Waals surface area contributed by atoms with Crippen molar-refractivity contribution < 1.29 is 12.8 Å². The van der Waals surface area contributed by atoms with E-state index in [9.17, 15) is 12.8 Å². The number of anilines is 1.